The quantitative estimate of drug-likeness (QED) is 0.320. The van der Waals surface area contributed by atoms with Crippen LogP contribution in [0.2, 0.25) is 0 Å². The Kier molecular flexibility index (Phi) is 6.73. The Hall–Kier alpha value is -4.08. The Bertz CT molecular complexity index is 1480. The van der Waals surface area contributed by atoms with Gasteiger partial charge in [-0.15, -0.1) is 0 Å². The van der Waals surface area contributed by atoms with Crippen LogP contribution >= 0.6 is 0 Å². The van der Waals surface area contributed by atoms with Crippen LogP contribution < -0.4 is 15.1 Å². The molecule has 2 aromatic heterocycles. The number of hydrogen-bond acceptors (Lipinski definition) is 4. The van der Waals surface area contributed by atoms with E-state index in [1.54, 1.807) is 23.2 Å². The van der Waals surface area contributed by atoms with Gasteiger partial charge in [-0.2, -0.15) is 18.3 Å². The first-order valence-corrected chi connectivity index (χ1v) is 12.7. The number of urea groups is 1. The molecule has 0 spiro atoms. The van der Waals surface area contributed by atoms with Crippen LogP contribution in [0.3, 0.4) is 0 Å². The molecule has 1 aliphatic heterocycles. The lowest BCUT2D eigenvalue weighted by Crippen LogP contribution is -2.42. The van der Waals surface area contributed by atoms with E-state index < -0.39 is 11.7 Å². The molecule has 0 aliphatic carbocycles. The normalized spacial score (nSPS) is 15.9. The first-order valence-electron chi connectivity index (χ1n) is 12.7. The number of nitrogens with one attached hydrogen (secondary N) is 1. The van der Waals surface area contributed by atoms with Crippen LogP contribution in [0.15, 0.2) is 60.8 Å². The molecular weight excluding hydrogens is 493 g/mol. The lowest BCUT2D eigenvalue weighted by molar-refractivity contribution is -0.137. The summed E-state index contributed by atoms with van der Waals surface area (Å²) in [6.45, 7) is 8.11. The molecule has 2 amide bonds. The predicted molar refractivity (Wildman–Crippen MR) is 144 cm³/mol. The van der Waals surface area contributed by atoms with Gasteiger partial charge in [0.25, 0.3) is 0 Å². The third-order valence-corrected chi connectivity index (χ3v) is 7.00. The summed E-state index contributed by atoms with van der Waals surface area (Å²) < 4.78 is 42.0. The van der Waals surface area contributed by atoms with Gasteiger partial charge in [-0.25, -0.2) is 9.78 Å². The van der Waals surface area contributed by atoms with Gasteiger partial charge in [0.1, 0.15) is 0 Å². The van der Waals surface area contributed by atoms with Crippen molar-refractivity contribution in [1.82, 2.24) is 14.8 Å². The Morgan fingerprint density at radius 1 is 1.08 bits per heavy atom. The number of aryl methyl sites for hydroxylation is 1. The number of alkyl halides is 3. The van der Waals surface area contributed by atoms with Crippen molar-refractivity contribution in [1.29, 1.82) is 0 Å². The van der Waals surface area contributed by atoms with Crippen LogP contribution in [-0.2, 0) is 12.7 Å². The van der Waals surface area contributed by atoms with Crippen LogP contribution in [0.5, 0.6) is 0 Å². The zero-order chi connectivity index (χ0) is 27.0. The number of pyridine rings is 1. The molecule has 1 aliphatic rings. The smallest absolute Gasteiger partial charge is 0.369 e. The third kappa shape index (κ3) is 4.66. The number of benzene rings is 2. The highest BCUT2D eigenvalue weighted by molar-refractivity contribution is 6.08. The van der Waals surface area contributed by atoms with E-state index in [9.17, 15) is 18.0 Å². The van der Waals surface area contributed by atoms with Crippen molar-refractivity contribution < 1.29 is 18.0 Å². The van der Waals surface area contributed by atoms with E-state index in [0.29, 0.717) is 42.3 Å². The molecule has 5 rings (SSSR count). The molecule has 0 fully saturated rings. The number of rotatable bonds is 4. The van der Waals surface area contributed by atoms with Gasteiger partial charge in [0, 0.05) is 36.6 Å². The van der Waals surface area contributed by atoms with E-state index in [-0.39, 0.29) is 12.1 Å². The van der Waals surface area contributed by atoms with Crippen LogP contribution in [0.1, 0.15) is 32.8 Å². The molecule has 1 N–H and O–H groups in total. The van der Waals surface area contributed by atoms with Gasteiger partial charge in [-0.3, -0.25) is 9.58 Å². The number of hydrogen-bond donors (Lipinski definition) is 1. The summed E-state index contributed by atoms with van der Waals surface area (Å²) in [5.41, 5.74) is 2.26. The molecule has 2 aromatic carbocycles. The van der Waals surface area contributed by atoms with Gasteiger partial charge in [-0.05, 0) is 63.6 Å². The maximum absolute atomic E-state index is 13.8. The fourth-order valence-corrected chi connectivity index (χ4v) is 4.95. The van der Waals surface area contributed by atoms with Crippen molar-refractivity contribution in [2.24, 2.45) is 0 Å². The average molecular weight is 523 g/mol. The predicted octanol–water partition coefficient (Wildman–Crippen LogP) is 6.79. The van der Waals surface area contributed by atoms with Gasteiger partial charge in [0.15, 0.2) is 5.82 Å². The zero-order valence-electron chi connectivity index (χ0n) is 21.5. The number of carbonyl (C=O) groups is 1. The molecule has 0 unspecified atom stereocenters. The van der Waals surface area contributed by atoms with Gasteiger partial charge in [-0.1, -0.05) is 18.2 Å². The number of halogens is 3. The first-order chi connectivity index (χ1) is 18.2. The van der Waals surface area contributed by atoms with E-state index in [1.165, 1.54) is 6.07 Å². The van der Waals surface area contributed by atoms with Crippen molar-refractivity contribution in [3.8, 4) is 11.3 Å². The lowest BCUT2D eigenvalue weighted by Gasteiger charge is -2.28. The molecule has 0 radical (unpaired) electrons. The second-order valence-electron chi connectivity index (χ2n) is 9.33. The summed E-state index contributed by atoms with van der Waals surface area (Å²) in [5.74, 6) is 0.417. The van der Waals surface area contributed by atoms with Crippen LogP contribution in [0.25, 0.3) is 22.2 Å². The van der Waals surface area contributed by atoms with Gasteiger partial charge >= 0.3 is 12.2 Å². The van der Waals surface area contributed by atoms with E-state index in [4.69, 9.17) is 4.98 Å². The Morgan fingerprint density at radius 2 is 1.87 bits per heavy atom. The number of nitrogens with zero attached hydrogens (tertiary/aromatic N) is 5. The second kappa shape index (κ2) is 10.00. The maximum atomic E-state index is 13.8. The summed E-state index contributed by atoms with van der Waals surface area (Å²) in [6, 6.07) is 13.7. The second-order valence-corrected chi connectivity index (χ2v) is 9.33. The van der Waals surface area contributed by atoms with Crippen molar-refractivity contribution >= 4 is 34.1 Å². The van der Waals surface area contributed by atoms with Crippen molar-refractivity contribution in [2.45, 2.75) is 46.0 Å². The Balaban J connectivity index is 1.57. The first kappa shape index (κ1) is 25.6. The minimum atomic E-state index is -4.46. The Morgan fingerprint density at radius 3 is 2.61 bits per heavy atom. The Labute approximate surface area is 218 Å². The van der Waals surface area contributed by atoms with E-state index >= 15 is 0 Å². The highest BCUT2D eigenvalue weighted by Crippen LogP contribution is 2.37. The van der Waals surface area contributed by atoms with E-state index in [0.717, 1.165) is 35.3 Å². The van der Waals surface area contributed by atoms with Crippen LogP contribution in [-0.4, -0.2) is 39.9 Å². The van der Waals surface area contributed by atoms with Crippen molar-refractivity contribution in [3.63, 3.8) is 0 Å². The van der Waals surface area contributed by atoms with Gasteiger partial charge in [0.2, 0.25) is 0 Å². The molecule has 4 aromatic rings. The summed E-state index contributed by atoms with van der Waals surface area (Å²) in [7, 11) is 0. The van der Waals surface area contributed by atoms with Gasteiger partial charge < -0.3 is 10.2 Å². The molecule has 198 valence electrons. The lowest BCUT2D eigenvalue weighted by atomic mass is 10.1. The van der Waals surface area contributed by atoms with Crippen LogP contribution in [0.4, 0.5) is 35.2 Å². The van der Waals surface area contributed by atoms with Crippen molar-refractivity contribution in [2.75, 3.05) is 28.2 Å². The average Bonchev–Trinajstić information content (AvgIpc) is 3.27. The molecule has 1 atom stereocenters. The number of fused-ring (bicyclic) bond motifs is 2. The minimum Gasteiger partial charge on any atom is -0.369 e. The maximum Gasteiger partial charge on any atom is 0.416 e. The van der Waals surface area contributed by atoms with Crippen molar-refractivity contribution in [3.05, 3.63) is 66.4 Å². The summed E-state index contributed by atoms with van der Waals surface area (Å²) in [5, 5.41) is 8.27. The molecule has 0 saturated carbocycles. The van der Waals surface area contributed by atoms with Crippen LogP contribution in [0, 0.1) is 0 Å². The molecule has 38 heavy (non-hydrogen) atoms. The monoisotopic (exact) mass is 522 g/mol. The summed E-state index contributed by atoms with van der Waals surface area (Å²) in [4.78, 5) is 22.4. The SMILES string of the molecule is CCN1CC[C@@H](C)N(C(=O)Nc2cccc3c2cnn3CC)c2nc(-c3cccc(C(F)(F)F)c3)ccc21. The highest BCUT2D eigenvalue weighted by Gasteiger charge is 2.33. The molecule has 0 bridgehead atoms. The van der Waals surface area contributed by atoms with E-state index in [2.05, 4.69) is 15.3 Å². The number of amides is 2. The summed E-state index contributed by atoms with van der Waals surface area (Å²) >= 11 is 0. The minimum absolute atomic E-state index is 0.202. The van der Waals surface area contributed by atoms with E-state index in [1.807, 2.05) is 49.7 Å². The number of aromatic nitrogens is 3. The molecule has 0 saturated heterocycles. The summed E-state index contributed by atoms with van der Waals surface area (Å²) in [6.07, 6.45) is -2.03. The molecule has 7 nitrogen and oxygen atoms in total. The van der Waals surface area contributed by atoms with Gasteiger partial charge in [0.05, 0.1) is 34.3 Å². The topological polar surface area (TPSA) is 66.3 Å². The molecule has 3 heterocycles. The largest absolute Gasteiger partial charge is 0.416 e. The third-order valence-electron chi connectivity index (χ3n) is 7.00. The fourth-order valence-electron chi connectivity index (χ4n) is 4.95. The molecular formula is C28H29F3N6O. The zero-order valence-corrected chi connectivity index (χ0v) is 21.5. The molecule has 10 heteroatoms. The number of carbonyl (C=O) groups excluding carboxylic acids is 1. The number of anilines is 3. The standard InChI is InChI=1S/C28H29F3N6O/c1-4-35-15-14-18(3)37(27(38)34-23-10-7-11-24-21(23)17-32-36(24)5-2)26-25(35)13-12-22(33-26)19-8-6-9-20(16-19)28(29,30)31/h6-13,16-18H,4-5,14-15H2,1-3H3,(H,34,38)/t18-/m1/s1. The highest BCUT2D eigenvalue weighted by atomic mass is 19.4. The fraction of sp³-hybridized carbons (Fsp3) is 0.321.